The molecule has 0 unspecified atom stereocenters. The molecule has 0 saturated carbocycles. The Labute approximate surface area is 161 Å². The lowest BCUT2D eigenvalue weighted by atomic mass is 10.2. The summed E-state index contributed by atoms with van der Waals surface area (Å²) in [4.78, 5) is 27.5. The molecule has 0 aliphatic heterocycles. The number of esters is 1. The third-order valence-electron chi connectivity index (χ3n) is 3.17. The molecule has 0 spiro atoms. The van der Waals surface area contributed by atoms with Gasteiger partial charge in [-0.2, -0.15) is 0 Å². The largest absolute Gasteiger partial charge is 0.459 e. The Bertz CT molecular complexity index is 797. The first-order chi connectivity index (χ1) is 12.1. The third kappa shape index (κ3) is 6.35. The van der Waals surface area contributed by atoms with Gasteiger partial charge in [0.15, 0.2) is 11.7 Å². The number of carbonyl (C=O) groups is 2. The van der Waals surface area contributed by atoms with Gasteiger partial charge in [-0.15, -0.1) is 0 Å². The standard InChI is InChI=1S/C18H20Cl2N2O4/c1-18(2,3)26-17(24)10-21-15(23)6-7-16-22-9-14(25-16)12-5-4-11(19)8-13(12)20/h4-5,8-9H,6-7,10H2,1-3H3,(H,21,23). The molecule has 1 heterocycles. The number of benzene rings is 1. The molecule has 2 rings (SSSR count). The minimum Gasteiger partial charge on any atom is -0.459 e. The van der Waals surface area contributed by atoms with Gasteiger partial charge < -0.3 is 14.5 Å². The Morgan fingerprint density at radius 1 is 1.27 bits per heavy atom. The molecular formula is C18H20Cl2N2O4. The summed E-state index contributed by atoms with van der Waals surface area (Å²) in [5, 5.41) is 3.49. The number of nitrogens with zero attached hydrogens (tertiary/aromatic N) is 1. The van der Waals surface area contributed by atoms with Crippen molar-refractivity contribution in [3.05, 3.63) is 40.3 Å². The van der Waals surface area contributed by atoms with Crippen molar-refractivity contribution in [3.8, 4) is 11.3 Å². The lowest BCUT2D eigenvalue weighted by Gasteiger charge is -2.19. The highest BCUT2D eigenvalue weighted by molar-refractivity contribution is 6.36. The number of amides is 1. The van der Waals surface area contributed by atoms with Gasteiger partial charge in [-0.05, 0) is 39.0 Å². The van der Waals surface area contributed by atoms with Crippen LogP contribution in [0.15, 0.2) is 28.8 Å². The molecule has 0 aliphatic carbocycles. The molecule has 8 heteroatoms. The van der Waals surface area contributed by atoms with E-state index in [1.807, 2.05) is 0 Å². The van der Waals surface area contributed by atoms with Gasteiger partial charge in [-0.1, -0.05) is 23.2 Å². The summed E-state index contributed by atoms with van der Waals surface area (Å²) < 4.78 is 10.7. The lowest BCUT2D eigenvalue weighted by Crippen LogP contribution is -2.34. The van der Waals surface area contributed by atoms with Gasteiger partial charge in [0, 0.05) is 23.4 Å². The van der Waals surface area contributed by atoms with E-state index in [1.54, 1.807) is 45.2 Å². The molecule has 2 aromatic rings. The smallest absolute Gasteiger partial charge is 0.325 e. The predicted molar refractivity (Wildman–Crippen MR) is 99.1 cm³/mol. The van der Waals surface area contributed by atoms with Crippen LogP contribution in [0.4, 0.5) is 0 Å². The maximum absolute atomic E-state index is 11.8. The van der Waals surface area contributed by atoms with Crippen molar-refractivity contribution >= 4 is 35.1 Å². The summed E-state index contributed by atoms with van der Waals surface area (Å²) in [6, 6.07) is 5.06. The number of rotatable bonds is 6. The van der Waals surface area contributed by atoms with E-state index in [1.165, 1.54) is 0 Å². The Hall–Kier alpha value is -2.05. The van der Waals surface area contributed by atoms with Crippen LogP contribution in [0.25, 0.3) is 11.3 Å². The van der Waals surface area contributed by atoms with E-state index in [2.05, 4.69) is 10.3 Å². The number of nitrogens with one attached hydrogen (secondary N) is 1. The maximum atomic E-state index is 11.8. The van der Waals surface area contributed by atoms with Crippen LogP contribution in [0.1, 0.15) is 33.1 Å². The lowest BCUT2D eigenvalue weighted by molar-refractivity contribution is -0.154. The van der Waals surface area contributed by atoms with Crippen LogP contribution < -0.4 is 5.32 Å². The van der Waals surface area contributed by atoms with E-state index in [-0.39, 0.29) is 18.9 Å². The first kappa shape index (κ1) is 20.3. The van der Waals surface area contributed by atoms with Crippen LogP contribution in [0.5, 0.6) is 0 Å². The quantitative estimate of drug-likeness (QED) is 0.742. The highest BCUT2D eigenvalue weighted by atomic mass is 35.5. The van der Waals surface area contributed by atoms with Crippen molar-refractivity contribution < 1.29 is 18.7 Å². The number of hydrogen-bond donors (Lipinski definition) is 1. The minimum atomic E-state index is -0.584. The Balaban J connectivity index is 1.84. The summed E-state index contributed by atoms with van der Waals surface area (Å²) in [6.45, 7) is 5.12. The molecule has 1 amide bonds. The SMILES string of the molecule is CC(C)(C)OC(=O)CNC(=O)CCc1ncc(-c2ccc(Cl)cc2Cl)o1. The summed E-state index contributed by atoms with van der Waals surface area (Å²) in [5.74, 6) is 0.121. The molecule has 1 aromatic heterocycles. The predicted octanol–water partition coefficient (Wildman–Crippen LogP) is 4.04. The minimum absolute atomic E-state index is 0.136. The van der Waals surface area contributed by atoms with Gasteiger partial charge in [-0.3, -0.25) is 9.59 Å². The molecule has 140 valence electrons. The molecule has 0 saturated heterocycles. The second kappa shape index (κ2) is 8.56. The summed E-state index contributed by atoms with van der Waals surface area (Å²) in [6.07, 6.45) is 1.98. The average Bonchev–Trinajstić information content (AvgIpc) is 2.98. The normalized spacial score (nSPS) is 11.3. The molecule has 1 N–H and O–H groups in total. The van der Waals surface area contributed by atoms with Crippen LogP contribution in [0.2, 0.25) is 10.0 Å². The zero-order valence-electron chi connectivity index (χ0n) is 14.8. The highest BCUT2D eigenvalue weighted by Gasteiger charge is 2.17. The number of halogens is 2. The molecule has 0 fully saturated rings. The van der Waals surface area contributed by atoms with Crippen LogP contribution >= 0.6 is 23.2 Å². The first-order valence-corrected chi connectivity index (χ1v) is 8.78. The fourth-order valence-electron chi connectivity index (χ4n) is 2.10. The van der Waals surface area contributed by atoms with Gasteiger partial charge in [0.1, 0.15) is 12.1 Å². The molecule has 0 bridgehead atoms. The molecule has 0 atom stereocenters. The van der Waals surface area contributed by atoms with Crippen LogP contribution in [-0.4, -0.2) is 29.0 Å². The number of hydrogen-bond acceptors (Lipinski definition) is 5. The maximum Gasteiger partial charge on any atom is 0.325 e. The van der Waals surface area contributed by atoms with Crippen LogP contribution in [0, 0.1) is 0 Å². The third-order valence-corrected chi connectivity index (χ3v) is 3.71. The van der Waals surface area contributed by atoms with Crippen LogP contribution in [-0.2, 0) is 20.7 Å². The summed E-state index contributed by atoms with van der Waals surface area (Å²) in [5.41, 5.74) is 0.0865. The van der Waals surface area contributed by atoms with Crippen molar-refractivity contribution in [3.63, 3.8) is 0 Å². The average molecular weight is 399 g/mol. The van der Waals surface area contributed by atoms with E-state index >= 15 is 0 Å². The van der Waals surface area contributed by atoms with E-state index in [9.17, 15) is 9.59 Å². The summed E-state index contributed by atoms with van der Waals surface area (Å²) in [7, 11) is 0. The molecule has 26 heavy (non-hydrogen) atoms. The van der Waals surface area contributed by atoms with E-state index in [0.717, 1.165) is 0 Å². The second-order valence-corrected chi connectivity index (χ2v) is 7.45. The van der Waals surface area contributed by atoms with Gasteiger partial charge >= 0.3 is 5.97 Å². The van der Waals surface area contributed by atoms with E-state index in [4.69, 9.17) is 32.4 Å². The molecule has 0 aliphatic rings. The van der Waals surface area contributed by atoms with Crippen molar-refractivity contribution in [2.24, 2.45) is 0 Å². The molecule has 1 aromatic carbocycles. The second-order valence-electron chi connectivity index (χ2n) is 6.61. The molecular weight excluding hydrogens is 379 g/mol. The Kier molecular flexibility index (Phi) is 6.67. The topological polar surface area (TPSA) is 81.4 Å². The monoisotopic (exact) mass is 398 g/mol. The zero-order valence-corrected chi connectivity index (χ0v) is 16.3. The van der Waals surface area contributed by atoms with Crippen LogP contribution in [0.3, 0.4) is 0 Å². The number of aryl methyl sites for hydroxylation is 1. The van der Waals surface area contributed by atoms with Gasteiger partial charge in [0.2, 0.25) is 5.91 Å². The number of aromatic nitrogens is 1. The fourth-order valence-corrected chi connectivity index (χ4v) is 2.60. The van der Waals surface area contributed by atoms with E-state index < -0.39 is 11.6 Å². The Morgan fingerprint density at radius 2 is 2.00 bits per heavy atom. The highest BCUT2D eigenvalue weighted by Crippen LogP contribution is 2.30. The van der Waals surface area contributed by atoms with Crippen molar-refractivity contribution in [2.45, 2.75) is 39.2 Å². The number of oxazole rings is 1. The van der Waals surface area contributed by atoms with Gasteiger partial charge in [0.05, 0.1) is 11.2 Å². The molecule has 0 radical (unpaired) electrons. The number of ether oxygens (including phenoxy) is 1. The Morgan fingerprint density at radius 3 is 2.65 bits per heavy atom. The zero-order chi connectivity index (χ0) is 19.3. The summed E-state index contributed by atoms with van der Waals surface area (Å²) >= 11 is 12.0. The van der Waals surface area contributed by atoms with Crippen molar-refractivity contribution in [1.29, 1.82) is 0 Å². The number of carbonyl (C=O) groups excluding carboxylic acids is 2. The van der Waals surface area contributed by atoms with Gasteiger partial charge in [0.25, 0.3) is 0 Å². The van der Waals surface area contributed by atoms with E-state index in [0.29, 0.717) is 33.7 Å². The van der Waals surface area contributed by atoms with Crippen molar-refractivity contribution in [2.75, 3.05) is 6.54 Å². The van der Waals surface area contributed by atoms with Crippen molar-refractivity contribution in [1.82, 2.24) is 10.3 Å². The first-order valence-electron chi connectivity index (χ1n) is 8.03. The molecule has 6 nitrogen and oxygen atoms in total. The fraction of sp³-hybridized carbons (Fsp3) is 0.389. The van der Waals surface area contributed by atoms with Gasteiger partial charge in [-0.25, -0.2) is 4.98 Å².